The number of ketones is 1. The summed E-state index contributed by atoms with van der Waals surface area (Å²) in [5, 5.41) is 0. The monoisotopic (exact) mass is 545 g/mol. The predicted octanol–water partition coefficient (Wildman–Crippen LogP) is 11.2. The molecule has 0 amide bonds. The van der Waals surface area contributed by atoms with Crippen LogP contribution in [0.1, 0.15) is 175 Å². The highest BCUT2D eigenvalue weighted by molar-refractivity contribution is 5.86. The summed E-state index contributed by atoms with van der Waals surface area (Å²) in [6.45, 7) is 8.71. The molecule has 1 aliphatic heterocycles. The maximum absolute atomic E-state index is 14.4. The van der Waals surface area contributed by atoms with Gasteiger partial charge in [0.25, 0.3) is 0 Å². The summed E-state index contributed by atoms with van der Waals surface area (Å²) in [4.78, 5) is 15.7. The number of Topliss-reactive ketones (excluding diaryl/α,β-unsaturated/α-hetero) is 1. The maximum Gasteiger partial charge on any atom is 0.404 e. The van der Waals surface area contributed by atoms with Gasteiger partial charge >= 0.3 is 6.18 Å². The van der Waals surface area contributed by atoms with Crippen molar-refractivity contribution in [3.63, 3.8) is 0 Å². The van der Waals surface area contributed by atoms with Crippen LogP contribution in [0.15, 0.2) is 0 Å². The van der Waals surface area contributed by atoms with Crippen molar-refractivity contribution in [1.82, 2.24) is 4.90 Å². The van der Waals surface area contributed by atoms with Crippen LogP contribution in [0.3, 0.4) is 0 Å². The van der Waals surface area contributed by atoms with Gasteiger partial charge in [0.05, 0.1) is 6.04 Å². The molecule has 1 saturated heterocycles. The molecular formula is C33H62F3NO. The van der Waals surface area contributed by atoms with Gasteiger partial charge < -0.3 is 0 Å². The zero-order valence-electron chi connectivity index (χ0n) is 25.6. The summed E-state index contributed by atoms with van der Waals surface area (Å²) in [7, 11) is 0. The lowest BCUT2D eigenvalue weighted by molar-refractivity contribution is -0.186. The first-order valence-electron chi connectivity index (χ1n) is 16.7. The molecule has 0 N–H and O–H groups in total. The first kappa shape index (κ1) is 35.4. The van der Waals surface area contributed by atoms with Crippen LogP contribution in [0, 0.1) is 5.92 Å². The average Bonchev–Trinajstić information content (AvgIpc) is 3.34. The summed E-state index contributed by atoms with van der Waals surface area (Å²) >= 11 is 0. The first-order valence-corrected chi connectivity index (χ1v) is 16.7. The van der Waals surface area contributed by atoms with Crippen LogP contribution in [0.5, 0.6) is 0 Å². The van der Waals surface area contributed by atoms with Crippen molar-refractivity contribution in [2.45, 2.75) is 200 Å². The van der Waals surface area contributed by atoms with E-state index < -0.39 is 18.3 Å². The highest BCUT2D eigenvalue weighted by Gasteiger charge is 2.53. The van der Waals surface area contributed by atoms with Crippen molar-refractivity contribution in [2.75, 3.05) is 0 Å². The number of likely N-dealkylation sites (tertiary alicyclic amines) is 1. The SMILES string of the molecule is CCCCCCCC(CCCC)C(=O)[C@@H]1CC[C@H](C(F)(F)F)N1C(CCCCCCC)CCCCCCC. The smallest absolute Gasteiger partial charge is 0.298 e. The van der Waals surface area contributed by atoms with E-state index in [-0.39, 0.29) is 24.2 Å². The molecule has 1 heterocycles. The van der Waals surface area contributed by atoms with Gasteiger partial charge in [-0.15, -0.1) is 0 Å². The third-order valence-electron chi connectivity index (χ3n) is 8.81. The lowest BCUT2D eigenvalue weighted by Crippen LogP contribution is -2.53. The Morgan fingerprint density at radius 3 is 1.50 bits per heavy atom. The van der Waals surface area contributed by atoms with E-state index >= 15 is 0 Å². The van der Waals surface area contributed by atoms with Crippen molar-refractivity contribution in [1.29, 1.82) is 0 Å². The summed E-state index contributed by atoms with van der Waals surface area (Å²) in [5.41, 5.74) is 0. The fraction of sp³-hybridized carbons (Fsp3) is 0.970. The standard InChI is InChI=1S/C33H62F3NO/c1-5-9-13-16-19-23-28(22-12-8-4)32(38)30-26-27-31(33(34,35)36)37(30)29(24-20-17-14-10-6-2)25-21-18-15-11-7-3/h28-31H,5-27H2,1-4H3/t28?,30-,31+/m0/s1. The molecule has 0 saturated carbocycles. The predicted molar refractivity (Wildman–Crippen MR) is 157 cm³/mol. The van der Waals surface area contributed by atoms with Crippen LogP contribution in [0.2, 0.25) is 0 Å². The van der Waals surface area contributed by atoms with Gasteiger partial charge in [-0.05, 0) is 38.5 Å². The second-order valence-electron chi connectivity index (χ2n) is 12.1. The molecule has 0 aromatic rings. The average molecular weight is 546 g/mol. The van der Waals surface area contributed by atoms with Gasteiger partial charge in [0.1, 0.15) is 6.04 Å². The van der Waals surface area contributed by atoms with Gasteiger partial charge in [-0.3, -0.25) is 9.69 Å². The van der Waals surface area contributed by atoms with Crippen LogP contribution < -0.4 is 0 Å². The van der Waals surface area contributed by atoms with Gasteiger partial charge in [-0.1, -0.05) is 137 Å². The van der Waals surface area contributed by atoms with Crippen LogP contribution in [-0.2, 0) is 4.79 Å². The molecule has 0 bridgehead atoms. The van der Waals surface area contributed by atoms with Gasteiger partial charge in [-0.2, -0.15) is 13.2 Å². The summed E-state index contributed by atoms with van der Waals surface area (Å²) in [6, 6.07) is -2.13. The van der Waals surface area contributed by atoms with E-state index in [2.05, 4.69) is 27.7 Å². The van der Waals surface area contributed by atoms with E-state index in [9.17, 15) is 18.0 Å². The second kappa shape index (κ2) is 21.2. The fourth-order valence-electron chi connectivity index (χ4n) is 6.52. The number of carbonyl (C=O) groups is 1. The van der Waals surface area contributed by atoms with E-state index in [1.165, 1.54) is 32.1 Å². The van der Waals surface area contributed by atoms with Crippen molar-refractivity contribution < 1.29 is 18.0 Å². The first-order chi connectivity index (χ1) is 18.3. The fourth-order valence-corrected chi connectivity index (χ4v) is 6.52. The van der Waals surface area contributed by atoms with E-state index in [1.807, 2.05) is 0 Å². The normalized spacial score (nSPS) is 19.5. The quantitative estimate of drug-likeness (QED) is 0.112. The molecule has 0 aromatic heterocycles. The van der Waals surface area contributed by atoms with E-state index in [4.69, 9.17) is 0 Å². The minimum atomic E-state index is -4.27. The number of carbonyl (C=O) groups excluding carboxylic acids is 1. The lowest BCUT2D eigenvalue weighted by Gasteiger charge is -2.39. The van der Waals surface area contributed by atoms with Gasteiger partial charge in [0.2, 0.25) is 0 Å². The number of rotatable bonds is 24. The molecule has 0 aliphatic carbocycles. The highest BCUT2D eigenvalue weighted by atomic mass is 19.4. The lowest BCUT2D eigenvalue weighted by atomic mass is 9.86. The third-order valence-corrected chi connectivity index (χ3v) is 8.81. The van der Waals surface area contributed by atoms with Crippen LogP contribution >= 0.6 is 0 Å². The Kier molecular flexibility index (Phi) is 19.8. The molecular weight excluding hydrogens is 483 g/mol. The number of nitrogens with zero attached hydrogens (tertiary/aromatic N) is 1. The van der Waals surface area contributed by atoms with Crippen LogP contribution in [0.4, 0.5) is 13.2 Å². The number of halogens is 3. The summed E-state index contributed by atoms with van der Waals surface area (Å²) < 4.78 is 43.1. The molecule has 38 heavy (non-hydrogen) atoms. The molecule has 226 valence electrons. The van der Waals surface area contributed by atoms with Crippen LogP contribution in [-0.4, -0.2) is 35.0 Å². The van der Waals surface area contributed by atoms with Crippen molar-refractivity contribution in [3.05, 3.63) is 0 Å². The Hall–Kier alpha value is -0.580. The molecule has 0 aromatic carbocycles. The Bertz CT molecular complexity index is 565. The van der Waals surface area contributed by atoms with E-state index in [1.54, 1.807) is 4.90 Å². The van der Waals surface area contributed by atoms with Crippen molar-refractivity contribution >= 4 is 5.78 Å². The zero-order valence-corrected chi connectivity index (χ0v) is 25.6. The Morgan fingerprint density at radius 2 is 1.05 bits per heavy atom. The Balaban J connectivity index is 3.07. The minimum absolute atomic E-state index is 0.0779. The topological polar surface area (TPSA) is 20.3 Å². The molecule has 5 heteroatoms. The van der Waals surface area contributed by atoms with Gasteiger partial charge in [0, 0.05) is 12.0 Å². The summed E-state index contributed by atoms with van der Waals surface area (Å²) in [6.07, 6.45) is 18.3. The Labute approximate surface area is 234 Å². The van der Waals surface area contributed by atoms with Gasteiger partial charge in [0.15, 0.2) is 5.78 Å². The molecule has 1 unspecified atom stereocenters. The number of alkyl halides is 3. The molecule has 3 atom stereocenters. The van der Waals surface area contributed by atoms with Crippen molar-refractivity contribution in [2.24, 2.45) is 5.92 Å². The second-order valence-corrected chi connectivity index (χ2v) is 12.1. The highest BCUT2D eigenvalue weighted by Crippen LogP contribution is 2.41. The van der Waals surface area contributed by atoms with Crippen molar-refractivity contribution in [3.8, 4) is 0 Å². The maximum atomic E-state index is 14.4. The molecule has 1 aliphatic rings. The van der Waals surface area contributed by atoms with Crippen LogP contribution in [0.25, 0.3) is 0 Å². The zero-order chi connectivity index (χ0) is 28.2. The molecule has 0 radical (unpaired) electrons. The Morgan fingerprint density at radius 1 is 0.632 bits per heavy atom. The summed E-state index contributed by atoms with van der Waals surface area (Å²) in [5.74, 6) is 0.0495. The molecule has 1 rings (SSSR count). The minimum Gasteiger partial charge on any atom is -0.298 e. The van der Waals surface area contributed by atoms with Gasteiger partial charge in [-0.25, -0.2) is 0 Å². The molecule has 0 spiro atoms. The number of hydrogen-bond acceptors (Lipinski definition) is 2. The third kappa shape index (κ3) is 13.7. The molecule has 1 fully saturated rings. The van der Waals surface area contributed by atoms with E-state index in [0.29, 0.717) is 6.42 Å². The number of hydrogen-bond donors (Lipinski definition) is 0. The number of unbranched alkanes of at least 4 members (excludes halogenated alkanes) is 13. The molecule has 2 nitrogen and oxygen atoms in total. The largest absolute Gasteiger partial charge is 0.404 e. The van der Waals surface area contributed by atoms with E-state index in [0.717, 1.165) is 103 Å².